The number of hydrogen-bond acceptors (Lipinski definition) is 4. The van der Waals surface area contributed by atoms with Crippen LogP contribution in [0.4, 0.5) is 5.69 Å². The molecule has 0 spiro atoms. The van der Waals surface area contributed by atoms with Crippen molar-refractivity contribution in [3.63, 3.8) is 0 Å². The molecule has 0 saturated heterocycles. The summed E-state index contributed by atoms with van der Waals surface area (Å²) >= 11 is 0. The molecule has 0 aromatic heterocycles. The largest absolute Gasteiger partial charge is 0.495 e. The second kappa shape index (κ2) is 10.5. The third-order valence-corrected chi connectivity index (χ3v) is 7.25. The van der Waals surface area contributed by atoms with Gasteiger partial charge >= 0.3 is 0 Å². The standard InChI is InChI=1S/C26H30N2O4S/c1-5-23(21-14-10-19(2)11-15-21)27-26(29)18-28(24-8-6-7-9-25(24)32-4)33(30,31)22-16-12-20(3)13-17-22/h6-17,23H,5,18H2,1-4H3,(H,27,29)/t23-/m0/s1. The number of para-hydroxylation sites is 2. The van der Waals surface area contributed by atoms with E-state index in [1.807, 2.05) is 45.0 Å². The summed E-state index contributed by atoms with van der Waals surface area (Å²) in [7, 11) is -2.55. The first-order chi connectivity index (χ1) is 15.8. The summed E-state index contributed by atoms with van der Waals surface area (Å²) in [6, 6.07) is 21.1. The van der Waals surface area contributed by atoms with Crippen LogP contribution >= 0.6 is 0 Å². The van der Waals surface area contributed by atoms with Gasteiger partial charge < -0.3 is 10.1 Å². The number of nitrogens with zero attached hydrogens (tertiary/aromatic N) is 1. The Hall–Kier alpha value is -3.32. The Balaban J connectivity index is 1.95. The molecule has 0 unspecified atom stereocenters. The number of rotatable bonds is 9. The van der Waals surface area contributed by atoms with Crippen molar-refractivity contribution in [2.75, 3.05) is 18.0 Å². The molecule has 174 valence electrons. The minimum Gasteiger partial charge on any atom is -0.495 e. The zero-order valence-electron chi connectivity index (χ0n) is 19.4. The Bertz CT molecular complexity index is 1190. The summed E-state index contributed by atoms with van der Waals surface area (Å²) in [4.78, 5) is 13.2. The number of sulfonamides is 1. The molecule has 6 nitrogen and oxygen atoms in total. The number of hydrogen-bond donors (Lipinski definition) is 1. The second-order valence-electron chi connectivity index (χ2n) is 7.94. The quantitative estimate of drug-likeness (QED) is 0.493. The fourth-order valence-electron chi connectivity index (χ4n) is 3.56. The van der Waals surface area contributed by atoms with Crippen LogP contribution in [0, 0.1) is 13.8 Å². The van der Waals surface area contributed by atoms with Crippen molar-refractivity contribution < 1.29 is 17.9 Å². The van der Waals surface area contributed by atoms with E-state index in [1.165, 1.54) is 7.11 Å². The van der Waals surface area contributed by atoms with E-state index < -0.39 is 15.9 Å². The molecule has 0 aliphatic heterocycles. The molecule has 3 aromatic rings. The lowest BCUT2D eigenvalue weighted by Gasteiger charge is -2.27. The summed E-state index contributed by atoms with van der Waals surface area (Å²) in [5.41, 5.74) is 3.35. The summed E-state index contributed by atoms with van der Waals surface area (Å²) in [6.45, 7) is 5.49. The molecular formula is C26H30N2O4S. The fourth-order valence-corrected chi connectivity index (χ4v) is 4.99. The number of aryl methyl sites for hydroxylation is 2. The van der Waals surface area contributed by atoms with Gasteiger partial charge in [0.25, 0.3) is 10.0 Å². The maximum Gasteiger partial charge on any atom is 0.264 e. The molecule has 1 atom stereocenters. The zero-order chi connectivity index (χ0) is 24.0. The Morgan fingerprint density at radius 2 is 1.52 bits per heavy atom. The highest BCUT2D eigenvalue weighted by atomic mass is 32.2. The average Bonchev–Trinajstić information content (AvgIpc) is 2.82. The number of nitrogens with one attached hydrogen (secondary N) is 1. The van der Waals surface area contributed by atoms with Gasteiger partial charge in [-0.15, -0.1) is 0 Å². The predicted molar refractivity (Wildman–Crippen MR) is 131 cm³/mol. The lowest BCUT2D eigenvalue weighted by Crippen LogP contribution is -2.42. The van der Waals surface area contributed by atoms with E-state index in [9.17, 15) is 13.2 Å². The molecule has 0 aliphatic rings. The van der Waals surface area contributed by atoms with Crippen LogP contribution in [0.3, 0.4) is 0 Å². The van der Waals surface area contributed by atoms with E-state index in [0.717, 1.165) is 21.0 Å². The van der Waals surface area contributed by atoms with Gasteiger partial charge in [-0.3, -0.25) is 9.10 Å². The monoisotopic (exact) mass is 466 g/mol. The summed E-state index contributed by atoms with van der Waals surface area (Å²) in [6.07, 6.45) is 0.675. The zero-order valence-corrected chi connectivity index (χ0v) is 20.2. The minimum atomic E-state index is -4.02. The number of anilines is 1. The normalized spacial score (nSPS) is 12.1. The van der Waals surface area contributed by atoms with Crippen molar-refractivity contribution in [3.8, 4) is 5.75 Å². The molecule has 0 bridgehead atoms. The Kier molecular flexibility index (Phi) is 7.76. The van der Waals surface area contributed by atoms with Gasteiger partial charge in [-0.1, -0.05) is 66.6 Å². The van der Waals surface area contributed by atoms with Gasteiger partial charge in [-0.05, 0) is 50.1 Å². The summed E-state index contributed by atoms with van der Waals surface area (Å²) < 4.78 is 33.7. The van der Waals surface area contributed by atoms with Crippen molar-refractivity contribution in [1.29, 1.82) is 0 Å². The maximum absolute atomic E-state index is 13.6. The average molecular weight is 467 g/mol. The molecule has 0 radical (unpaired) electrons. The SMILES string of the molecule is CC[C@H](NC(=O)CN(c1ccccc1OC)S(=O)(=O)c1ccc(C)cc1)c1ccc(C)cc1. The number of carbonyl (C=O) groups excluding carboxylic acids is 1. The van der Waals surface area contributed by atoms with Crippen LogP contribution in [-0.2, 0) is 14.8 Å². The highest BCUT2D eigenvalue weighted by Crippen LogP contribution is 2.32. The van der Waals surface area contributed by atoms with Crippen molar-refractivity contribution in [2.24, 2.45) is 0 Å². The number of benzene rings is 3. The van der Waals surface area contributed by atoms with Crippen LogP contribution in [0.1, 0.15) is 36.1 Å². The predicted octanol–water partition coefficient (Wildman–Crippen LogP) is 4.77. The summed E-state index contributed by atoms with van der Waals surface area (Å²) in [5, 5.41) is 2.99. The summed E-state index contributed by atoms with van der Waals surface area (Å²) in [5.74, 6) is -0.0319. The lowest BCUT2D eigenvalue weighted by atomic mass is 10.0. The highest BCUT2D eigenvalue weighted by Gasteiger charge is 2.30. The van der Waals surface area contributed by atoms with E-state index in [4.69, 9.17) is 4.74 Å². The second-order valence-corrected chi connectivity index (χ2v) is 9.80. The number of ether oxygens (including phenoxy) is 1. The van der Waals surface area contributed by atoms with Gasteiger partial charge in [0.15, 0.2) is 0 Å². The molecule has 7 heteroatoms. The Labute approximate surface area is 196 Å². The van der Waals surface area contributed by atoms with Gasteiger partial charge in [-0.2, -0.15) is 0 Å². The molecule has 3 aromatic carbocycles. The first kappa shape index (κ1) is 24.3. The maximum atomic E-state index is 13.6. The Morgan fingerprint density at radius 3 is 2.09 bits per heavy atom. The van der Waals surface area contributed by atoms with Crippen molar-refractivity contribution in [3.05, 3.63) is 89.5 Å². The van der Waals surface area contributed by atoms with Gasteiger partial charge in [0.05, 0.1) is 23.7 Å². The molecular weight excluding hydrogens is 436 g/mol. The fraction of sp³-hybridized carbons (Fsp3) is 0.269. The van der Waals surface area contributed by atoms with Gasteiger partial charge in [0.1, 0.15) is 12.3 Å². The van der Waals surface area contributed by atoms with Gasteiger partial charge in [0.2, 0.25) is 5.91 Å². The van der Waals surface area contributed by atoms with E-state index in [1.54, 1.807) is 48.5 Å². The van der Waals surface area contributed by atoms with Crippen molar-refractivity contribution in [2.45, 2.75) is 38.1 Å². The van der Waals surface area contributed by atoms with Gasteiger partial charge in [0, 0.05) is 0 Å². The molecule has 1 amide bonds. The smallest absolute Gasteiger partial charge is 0.264 e. The molecule has 0 heterocycles. The third-order valence-electron chi connectivity index (χ3n) is 5.47. The minimum absolute atomic E-state index is 0.109. The van der Waals surface area contributed by atoms with Crippen molar-refractivity contribution in [1.82, 2.24) is 5.32 Å². The molecule has 3 rings (SSSR count). The van der Waals surface area contributed by atoms with Crippen LogP contribution in [0.15, 0.2) is 77.7 Å². The number of carbonyl (C=O) groups is 1. The molecule has 33 heavy (non-hydrogen) atoms. The van der Waals surface area contributed by atoms with Crippen LogP contribution in [0.25, 0.3) is 0 Å². The number of amides is 1. The number of methoxy groups -OCH3 is 1. The highest BCUT2D eigenvalue weighted by molar-refractivity contribution is 7.92. The topological polar surface area (TPSA) is 75.7 Å². The van der Waals surface area contributed by atoms with Gasteiger partial charge in [-0.25, -0.2) is 8.42 Å². The van der Waals surface area contributed by atoms with Crippen LogP contribution < -0.4 is 14.4 Å². The first-order valence-corrected chi connectivity index (χ1v) is 12.3. The first-order valence-electron chi connectivity index (χ1n) is 10.8. The molecule has 1 N–H and O–H groups in total. The van der Waals surface area contributed by atoms with E-state index in [-0.39, 0.29) is 17.5 Å². The van der Waals surface area contributed by atoms with E-state index in [2.05, 4.69) is 5.32 Å². The van der Waals surface area contributed by atoms with Crippen LogP contribution in [0.5, 0.6) is 5.75 Å². The molecule has 0 saturated carbocycles. The van der Waals surface area contributed by atoms with Crippen LogP contribution in [0.2, 0.25) is 0 Å². The molecule has 0 fully saturated rings. The Morgan fingerprint density at radius 1 is 0.939 bits per heavy atom. The molecule has 0 aliphatic carbocycles. The van der Waals surface area contributed by atoms with E-state index in [0.29, 0.717) is 17.9 Å². The van der Waals surface area contributed by atoms with E-state index >= 15 is 0 Å². The van der Waals surface area contributed by atoms with Crippen molar-refractivity contribution >= 4 is 21.6 Å². The third kappa shape index (κ3) is 5.73. The van der Waals surface area contributed by atoms with Crippen LogP contribution in [-0.4, -0.2) is 28.0 Å². The lowest BCUT2D eigenvalue weighted by molar-refractivity contribution is -0.120.